The Morgan fingerprint density at radius 3 is 2.55 bits per heavy atom. The lowest BCUT2D eigenvalue weighted by molar-refractivity contribution is -0.389. The Kier molecular flexibility index (Phi) is 7.15. The fourth-order valence-corrected chi connectivity index (χ4v) is 2.03. The van der Waals surface area contributed by atoms with E-state index in [9.17, 15) is 19.7 Å². The summed E-state index contributed by atoms with van der Waals surface area (Å²) in [4.78, 5) is 37.4. The van der Waals surface area contributed by atoms with E-state index < -0.39 is 16.6 Å². The normalized spacial score (nSPS) is 10.3. The van der Waals surface area contributed by atoms with Crippen LogP contribution in [0.25, 0.3) is 0 Å². The molecule has 0 aromatic carbocycles. The van der Waals surface area contributed by atoms with Crippen LogP contribution >= 0.6 is 0 Å². The van der Waals surface area contributed by atoms with Gasteiger partial charge in [0, 0.05) is 19.4 Å². The summed E-state index contributed by atoms with van der Waals surface area (Å²) in [5.41, 5.74) is 0.421. The molecule has 0 aliphatic heterocycles. The van der Waals surface area contributed by atoms with Crippen LogP contribution in [0.15, 0.2) is 12.1 Å². The van der Waals surface area contributed by atoms with Crippen molar-refractivity contribution in [2.24, 2.45) is 0 Å². The van der Waals surface area contributed by atoms with Crippen LogP contribution in [-0.4, -0.2) is 21.7 Å². The van der Waals surface area contributed by atoms with E-state index >= 15 is 0 Å². The Bertz CT molecular complexity index is 558. The summed E-state index contributed by atoms with van der Waals surface area (Å²) in [5.74, 6) is -1.40. The third-order valence-electron chi connectivity index (χ3n) is 3.15. The van der Waals surface area contributed by atoms with Gasteiger partial charge in [0.25, 0.3) is 5.91 Å². The van der Waals surface area contributed by atoms with Gasteiger partial charge in [0.05, 0.1) is 5.56 Å². The van der Waals surface area contributed by atoms with Crippen LogP contribution in [0.5, 0.6) is 0 Å². The van der Waals surface area contributed by atoms with Gasteiger partial charge in [-0.1, -0.05) is 32.6 Å². The van der Waals surface area contributed by atoms with Crippen molar-refractivity contribution < 1.29 is 14.5 Å². The zero-order chi connectivity index (χ0) is 16.5. The summed E-state index contributed by atoms with van der Waals surface area (Å²) in [5, 5.41) is 13.0. The number of aryl methyl sites for hydroxylation is 1. The minimum atomic E-state index is -0.667. The monoisotopic (exact) mass is 307 g/mol. The predicted molar refractivity (Wildman–Crippen MR) is 81.5 cm³/mol. The lowest BCUT2D eigenvalue weighted by Crippen LogP contribution is -2.30. The predicted octanol–water partition coefficient (Wildman–Crippen LogP) is 2.92. The highest BCUT2D eigenvalue weighted by molar-refractivity contribution is 6.04. The molecule has 2 amide bonds. The van der Waals surface area contributed by atoms with E-state index in [2.05, 4.69) is 17.2 Å². The second-order valence-electron chi connectivity index (χ2n) is 5.15. The first kappa shape index (κ1) is 17.7. The van der Waals surface area contributed by atoms with Gasteiger partial charge in [-0.15, -0.1) is 0 Å². The van der Waals surface area contributed by atoms with Crippen LogP contribution in [-0.2, 0) is 4.79 Å². The number of nitrogens with one attached hydrogen (secondary N) is 1. The lowest BCUT2D eigenvalue weighted by Gasteiger charge is -2.04. The van der Waals surface area contributed by atoms with Crippen LogP contribution in [0, 0.1) is 17.0 Å². The van der Waals surface area contributed by atoms with Crippen LogP contribution in [0.1, 0.15) is 61.5 Å². The standard InChI is InChI=1S/C15H21N3O4/c1-3-4-5-6-7-8-14(19)17-15(20)12-9-11(2)16-13(10-12)18(21)22/h9-10H,3-8H2,1-2H3,(H,17,19,20). The number of nitrogens with zero attached hydrogens (tertiary/aromatic N) is 2. The molecule has 0 aliphatic carbocycles. The van der Waals surface area contributed by atoms with Crippen molar-refractivity contribution in [1.29, 1.82) is 0 Å². The number of hydrogen-bond donors (Lipinski definition) is 1. The maximum Gasteiger partial charge on any atom is 0.364 e. The SMILES string of the molecule is CCCCCCCC(=O)NC(=O)c1cc(C)nc([N+](=O)[O-])c1. The number of hydrogen-bond acceptors (Lipinski definition) is 5. The fraction of sp³-hybridized carbons (Fsp3) is 0.533. The molecule has 0 fully saturated rings. The molecule has 120 valence electrons. The molecule has 1 aromatic heterocycles. The number of amides is 2. The number of nitro groups is 1. The summed E-state index contributed by atoms with van der Waals surface area (Å²) >= 11 is 0. The first-order chi connectivity index (χ1) is 10.4. The van der Waals surface area contributed by atoms with Gasteiger partial charge in [-0.3, -0.25) is 14.9 Å². The van der Waals surface area contributed by atoms with E-state index in [-0.39, 0.29) is 17.9 Å². The molecular weight excluding hydrogens is 286 g/mol. The lowest BCUT2D eigenvalue weighted by atomic mass is 10.1. The Morgan fingerprint density at radius 2 is 1.91 bits per heavy atom. The molecule has 22 heavy (non-hydrogen) atoms. The molecule has 1 heterocycles. The largest absolute Gasteiger partial charge is 0.364 e. The Hall–Kier alpha value is -2.31. The van der Waals surface area contributed by atoms with Crippen LogP contribution in [0.4, 0.5) is 5.82 Å². The smallest absolute Gasteiger partial charge is 0.358 e. The third-order valence-corrected chi connectivity index (χ3v) is 3.15. The zero-order valence-corrected chi connectivity index (χ0v) is 12.9. The minimum absolute atomic E-state index is 0.0681. The van der Waals surface area contributed by atoms with Gasteiger partial charge in [0.2, 0.25) is 5.91 Å². The number of rotatable bonds is 8. The quantitative estimate of drug-likeness (QED) is 0.452. The van der Waals surface area contributed by atoms with Gasteiger partial charge in [-0.25, -0.2) is 0 Å². The Balaban J connectivity index is 2.54. The Labute approximate surface area is 129 Å². The molecule has 1 rings (SSSR count). The van der Waals surface area contributed by atoms with E-state index in [1.54, 1.807) is 6.92 Å². The molecule has 0 aliphatic rings. The van der Waals surface area contributed by atoms with E-state index in [1.165, 1.54) is 6.07 Å². The van der Waals surface area contributed by atoms with Gasteiger partial charge in [0.1, 0.15) is 0 Å². The minimum Gasteiger partial charge on any atom is -0.358 e. The van der Waals surface area contributed by atoms with Crippen molar-refractivity contribution in [1.82, 2.24) is 10.3 Å². The average Bonchev–Trinajstić information content (AvgIpc) is 2.46. The van der Waals surface area contributed by atoms with Crippen LogP contribution in [0.2, 0.25) is 0 Å². The number of pyridine rings is 1. The number of aromatic nitrogens is 1. The van der Waals surface area contributed by atoms with Crippen molar-refractivity contribution in [3.05, 3.63) is 33.5 Å². The van der Waals surface area contributed by atoms with Crippen molar-refractivity contribution in [2.75, 3.05) is 0 Å². The van der Waals surface area contributed by atoms with E-state index in [0.29, 0.717) is 5.69 Å². The van der Waals surface area contributed by atoms with Gasteiger partial charge in [0.15, 0.2) is 5.69 Å². The van der Waals surface area contributed by atoms with Crippen LogP contribution < -0.4 is 5.32 Å². The second kappa shape index (κ2) is 8.86. The first-order valence-electron chi connectivity index (χ1n) is 7.41. The highest BCUT2D eigenvalue weighted by Gasteiger charge is 2.17. The maximum absolute atomic E-state index is 11.9. The number of imide groups is 1. The molecule has 0 unspecified atom stereocenters. The number of carbonyl (C=O) groups is 2. The van der Waals surface area contributed by atoms with E-state index in [4.69, 9.17) is 0 Å². The fourth-order valence-electron chi connectivity index (χ4n) is 2.03. The third kappa shape index (κ3) is 5.99. The number of carbonyl (C=O) groups excluding carboxylic acids is 2. The highest BCUT2D eigenvalue weighted by Crippen LogP contribution is 2.12. The Morgan fingerprint density at radius 1 is 1.23 bits per heavy atom. The summed E-state index contributed by atoms with van der Waals surface area (Å²) < 4.78 is 0. The summed E-state index contributed by atoms with van der Waals surface area (Å²) in [6.45, 7) is 3.67. The topological polar surface area (TPSA) is 102 Å². The maximum atomic E-state index is 11.9. The van der Waals surface area contributed by atoms with Crippen molar-refractivity contribution in [3.63, 3.8) is 0 Å². The van der Waals surface area contributed by atoms with E-state index in [1.807, 2.05) is 0 Å². The van der Waals surface area contributed by atoms with Crippen molar-refractivity contribution in [3.8, 4) is 0 Å². The average molecular weight is 307 g/mol. The molecular formula is C15H21N3O4. The molecule has 1 N–H and O–H groups in total. The molecule has 0 radical (unpaired) electrons. The molecule has 7 heteroatoms. The molecule has 7 nitrogen and oxygen atoms in total. The summed E-state index contributed by atoms with van der Waals surface area (Å²) in [6, 6.07) is 2.48. The van der Waals surface area contributed by atoms with Gasteiger partial charge >= 0.3 is 5.82 Å². The zero-order valence-electron chi connectivity index (χ0n) is 12.9. The molecule has 0 atom stereocenters. The van der Waals surface area contributed by atoms with Crippen LogP contribution in [0.3, 0.4) is 0 Å². The van der Waals surface area contributed by atoms with Gasteiger partial charge < -0.3 is 10.1 Å². The highest BCUT2D eigenvalue weighted by atomic mass is 16.6. The molecule has 0 spiro atoms. The summed E-state index contributed by atoms with van der Waals surface area (Å²) in [6.07, 6.45) is 5.31. The van der Waals surface area contributed by atoms with Crippen molar-refractivity contribution in [2.45, 2.75) is 52.4 Å². The molecule has 0 saturated heterocycles. The summed E-state index contributed by atoms with van der Waals surface area (Å²) in [7, 11) is 0. The van der Waals surface area contributed by atoms with Crippen molar-refractivity contribution >= 4 is 17.6 Å². The van der Waals surface area contributed by atoms with Gasteiger partial charge in [-0.05, 0) is 22.4 Å². The van der Waals surface area contributed by atoms with Gasteiger partial charge in [-0.2, -0.15) is 0 Å². The molecule has 1 aromatic rings. The number of unbranched alkanes of at least 4 members (excludes halogenated alkanes) is 4. The first-order valence-corrected chi connectivity index (χ1v) is 7.41. The molecule has 0 saturated carbocycles. The van der Waals surface area contributed by atoms with E-state index in [0.717, 1.165) is 38.2 Å². The second-order valence-corrected chi connectivity index (χ2v) is 5.15. The molecule has 0 bridgehead atoms.